The Labute approximate surface area is 228 Å². The molecule has 0 saturated carbocycles. The van der Waals surface area contributed by atoms with Crippen LogP contribution in [0.1, 0.15) is 12.1 Å². The second kappa shape index (κ2) is 11.7. The fraction of sp³-hybridized carbons (Fsp3) is 0.440. The molecule has 39 heavy (non-hydrogen) atoms. The van der Waals surface area contributed by atoms with Crippen LogP contribution in [0.3, 0.4) is 0 Å². The van der Waals surface area contributed by atoms with E-state index in [-0.39, 0.29) is 46.8 Å². The normalized spacial score (nSPS) is 18.5. The van der Waals surface area contributed by atoms with E-state index in [0.29, 0.717) is 29.9 Å². The number of anilines is 2. The van der Waals surface area contributed by atoms with Gasteiger partial charge >= 0.3 is 5.51 Å². The van der Waals surface area contributed by atoms with Gasteiger partial charge < -0.3 is 24.8 Å². The molecule has 4 rings (SSSR count). The molecule has 1 aliphatic rings. The van der Waals surface area contributed by atoms with Crippen LogP contribution in [0, 0.1) is 11.8 Å². The second-order valence-electron chi connectivity index (χ2n) is 9.48. The summed E-state index contributed by atoms with van der Waals surface area (Å²) in [7, 11) is 0.681. The van der Waals surface area contributed by atoms with Crippen LogP contribution < -0.4 is 20.8 Å². The van der Waals surface area contributed by atoms with E-state index in [0.717, 1.165) is 0 Å². The third-order valence-electron chi connectivity index (χ3n) is 6.07. The molecular formula is C25H29F4N6O2PS. The maximum absolute atomic E-state index is 14.6. The fourth-order valence-electron chi connectivity index (χ4n) is 4.15. The number of fused-ring (bicyclic) bond motifs is 1. The van der Waals surface area contributed by atoms with Gasteiger partial charge in [0.15, 0.2) is 0 Å². The van der Waals surface area contributed by atoms with Gasteiger partial charge in [-0.05, 0) is 68.7 Å². The molecule has 0 radical (unpaired) electrons. The number of likely N-dealkylation sites (tertiary alicyclic amines) is 1. The van der Waals surface area contributed by atoms with Crippen LogP contribution >= 0.6 is 18.9 Å². The molecule has 0 spiro atoms. The molecule has 8 nitrogen and oxygen atoms in total. The summed E-state index contributed by atoms with van der Waals surface area (Å²) in [5, 5.41) is 10.5. The van der Waals surface area contributed by atoms with Gasteiger partial charge in [0.25, 0.3) is 0 Å². The molecule has 210 valence electrons. The monoisotopic (exact) mass is 584 g/mol. The maximum atomic E-state index is 14.6. The van der Waals surface area contributed by atoms with Crippen LogP contribution in [-0.2, 0) is 4.57 Å². The van der Waals surface area contributed by atoms with Crippen molar-refractivity contribution in [2.45, 2.75) is 29.0 Å². The molecule has 4 heterocycles. The highest BCUT2D eigenvalue weighted by Crippen LogP contribution is 2.41. The van der Waals surface area contributed by atoms with E-state index < -0.39 is 24.9 Å². The summed E-state index contributed by atoms with van der Waals surface area (Å²) in [6.45, 7) is 4.23. The minimum Gasteiger partial charge on any atom is -0.480 e. The molecule has 3 aromatic rings. The van der Waals surface area contributed by atoms with E-state index in [2.05, 4.69) is 32.6 Å². The number of thioether (sulfide) groups is 1. The average molecular weight is 585 g/mol. The predicted octanol–water partition coefficient (Wildman–Crippen LogP) is 4.52. The summed E-state index contributed by atoms with van der Waals surface area (Å²) in [5.41, 5.74) is -3.48. The minimum absolute atomic E-state index is 0.0492. The van der Waals surface area contributed by atoms with E-state index in [1.165, 1.54) is 17.7 Å². The molecule has 0 bridgehead atoms. The molecule has 3 aromatic heterocycles. The zero-order valence-corrected chi connectivity index (χ0v) is 23.6. The van der Waals surface area contributed by atoms with Crippen LogP contribution in [0.2, 0.25) is 0 Å². The maximum Gasteiger partial charge on any atom is 0.446 e. The summed E-state index contributed by atoms with van der Waals surface area (Å²) >= 11 is -0.288. The molecule has 2 N–H and O–H groups in total. The second-order valence-corrected chi connectivity index (χ2v) is 13.7. The predicted molar refractivity (Wildman–Crippen MR) is 147 cm³/mol. The van der Waals surface area contributed by atoms with Crippen molar-refractivity contribution in [2.24, 2.45) is 0 Å². The Bertz CT molecular complexity index is 1450. The lowest BCUT2D eigenvalue weighted by molar-refractivity contribution is -0.0327. The number of nitrogens with one attached hydrogen (secondary N) is 2. The van der Waals surface area contributed by atoms with Crippen LogP contribution in [0.4, 0.5) is 29.1 Å². The molecule has 0 aliphatic carbocycles. The van der Waals surface area contributed by atoms with Gasteiger partial charge in [0.2, 0.25) is 5.88 Å². The molecular weight excluding hydrogens is 555 g/mol. The number of aromatic nitrogens is 3. The number of ether oxygens (including phenoxy) is 1. The Hall–Kier alpha value is -2.94. The van der Waals surface area contributed by atoms with Gasteiger partial charge in [-0.15, -0.1) is 0 Å². The summed E-state index contributed by atoms with van der Waals surface area (Å²) in [5.74, 6) is 6.16. The zero-order chi connectivity index (χ0) is 28.4. The van der Waals surface area contributed by atoms with Crippen LogP contribution in [-0.4, -0.2) is 84.3 Å². The zero-order valence-electron chi connectivity index (χ0n) is 21.8. The quantitative estimate of drug-likeness (QED) is 0.182. The fourth-order valence-corrected chi connectivity index (χ4v) is 5.60. The van der Waals surface area contributed by atoms with E-state index in [1.807, 2.05) is 11.9 Å². The van der Waals surface area contributed by atoms with Crippen LogP contribution in [0.15, 0.2) is 35.2 Å². The number of alkyl halides is 4. The van der Waals surface area contributed by atoms with Gasteiger partial charge in [-0.2, -0.15) is 18.3 Å². The van der Waals surface area contributed by atoms with Crippen molar-refractivity contribution in [3.05, 3.63) is 36.0 Å². The third-order valence-corrected chi connectivity index (χ3v) is 8.26. The number of methoxy groups -OCH3 is 1. The van der Waals surface area contributed by atoms with Gasteiger partial charge in [0, 0.05) is 13.1 Å². The van der Waals surface area contributed by atoms with Gasteiger partial charge in [-0.3, -0.25) is 0 Å². The van der Waals surface area contributed by atoms with Crippen molar-refractivity contribution in [2.75, 3.05) is 57.8 Å². The lowest BCUT2D eigenvalue weighted by Crippen LogP contribution is -2.46. The number of hydrogen-bond donors (Lipinski definition) is 2. The minimum atomic E-state index is -4.56. The van der Waals surface area contributed by atoms with Crippen molar-refractivity contribution < 1.29 is 26.9 Å². The molecule has 0 unspecified atom stereocenters. The molecule has 1 saturated heterocycles. The lowest BCUT2D eigenvalue weighted by atomic mass is 10.0. The number of nitrogens with zero attached hydrogens (tertiary/aromatic N) is 4. The highest BCUT2D eigenvalue weighted by Gasteiger charge is 2.33. The summed E-state index contributed by atoms with van der Waals surface area (Å²) in [6.07, 6.45) is -0.586. The molecule has 1 fully saturated rings. The Morgan fingerprint density at radius 1 is 1.26 bits per heavy atom. The van der Waals surface area contributed by atoms with Crippen molar-refractivity contribution in [3.8, 4) is 17.7 Å². The standard InChI is InChI=1S/C25H29F4N6O2PS/c1-34-14-12-17(16(26)15-34)31-21-9-5-8-20-23(39-25(27,28)29)18(33-35(20)21)7-6-13-30-19-10-11-22(38(3,4)36)32-24(19)37-2/h5,8-11,16-17,30-31H,12-15H2,1-4H3/t16-,17+/m0/s1. The first-order valence-corrected chi connectivity index (χ1v) is 15.5. The molecule has 1 aliphatic heterocycles. The molecule has 0 amide bonds. The van der Waals surface area contributed by atoms with E-state index in [1.54, 1.807) is 37.6 Å². The summed E-state index contributed by atoms with van der Waals surface area (Å²) in [4.78, 5) is 6.03. The Kier molecular flexibility index (Phi) is 8.69. The highest BCUT2D eigenvalue weighted by molar-refractivity contribution is 8.00. The number of rotatable bonds is 7. The van der Waals surface area contributed by atoms with Crippen molar-refractivity contribution in [1.29, 1.82) is 0 Å². The first kappa shape index (κ1) is 29.1. The van der Waals surface area contributed by atoms with E-state index in [4.69, 9.17) is 4.74 Å². The summed E-state index contributed by atoms with van der Waals surface area (Å²) < 4.78 is 73.9. The Balaban J connectivity index is 1.60. The Morgan fingerprint density at radius 2 is 2.03 bits per heavy atom. The van der Waals surface area contributed by atoms with Gasteiger partial charge in [-0.1, -0.05) is 12.0 Å². The number of piperidine rings is 1. The van der Waals surface area contributed by atoms with Crippen molar-refractivity contribution >= 4 is 41.4 Å². The van der Waals surface area contributed by atoms with Gasteiger partial charge in [-0.25, -0.2) is 13.9 Å². The van der Waals surface area contributed by atoms with E-state index in [9.17, 15) is 22.1 Å². The van der Waals surface area contributed by atoms with Gasteiger partial charge in [0.1, 0.15) is 30.3 Å². The highest BCUT2D eigenvalue weighted by atomic mass is 32.2. The average Bonchev–Trinajstić information content (AvgIpc) is 3.19. The largest absolute Gasteiger partial charge is 0.480 e. The third kappa shape index (κ3) is 7.18. The first-order valence-electron chi connectivity index (χ1n) is 12.1. The van der Waals surface area contributed by atoms with Crippen LogP contribution in [0.25, 0.3) is 5.52 Å². The lowest BCUT2D eigenvalue weighted by Gasteiger charge is -2.33. The topological polar surface area (TPSA) is 83.8 Å². The number of pyridine rings is 2. The number of hydrogen-bond acceptors (Lipinski definition) is 8. The number of halogens is 4. The first-order chi connectivity index (χ1) is 18.4. The van der Waals surface area contributed by atoms with Crippen molar-refractivity contribution in [1.82, 2.24) is 19.5 Å². The smallest absolute Gasteiger partial charge is 0.446 e. The molecule has 2 atom stereocenters. The molecule has 0 aromatic carbocycles. The Morgan fingerprint density at radius 3 is 2.69 bits per heavy atom. The van der Waals surface area contributed by atoms with Gasteiger partial charge in [0.05, 0.1) is 35.8 Å². The summed E-state index contributed by atoms with van der Waals surface area (Å²) in [6, 6.07) is 7.58. The van der Waals surface area contributed by atoms with Crippen molar-refractivity contribution in [3.63, 3.8) is 0 Å². The SMILES string of the molecule is COc1nc(P(C)(C)=O)ccc1NCC#Cc1nn2c(N[C@@H]3CCN(C)C[C@@H]3F)cccc2c1SC(F)(F)F. The van der Waals surface area contributed by atoms with E-state index >= 15 is 0 Å². The molecule has 14 heteroatoms. The van der Waals surface area contributed by atoms with Crippen LogP contribution in [0.5, 0.6) is 5.88 Å².